The summed E-state index contributed by atoms with van der Waals surface area (Å²) in [4.78, 5) is 20.5. The van der Waals surface area contributed by atoms with Crippen LogP contribution in [0.15, 0.2) is 36.1 Å². The molecule has 1 rings (SSSR count). The van der Waals surface area contributed by atoms with Crippen LogP contribution < -0.4 is 4.74 Å². The predicted octanol–water partition coefficient (Wildman–Crippen LogP) is 1.66. The van der Waals surface area contributed by atoms with Gasteiger partial charge in [-0.25, -0.2) is 0 Å². The second kappa shape index (κ2) is 4.97. The molecule has 72 valence electrons. The molecule has 0 heterocycles. The smallest absolute Gasteiger partial charge is 0.156 e. The van der Waals surface area contributed by atoms with E-state index in [-0.39, 0.29) is 5.57 Å². The highest BCUT2D eigenvalue weighted by molar-refractivity contribution is 5.98. The Hall–Kier alpha value is -1.90. The molecular formula is C11H10O3. The standard InChI is InChI=1S/C11H10O3/c1-9-4-2-3-5-11(9)14-8-10(6-12)7-13/h2-8H,1H3. The van der Waals surface area contributed by atoms with Crippen molar-refractivity contribution in [3.63, 3.8) is 0 Å². The highest BCUT2D eigenvalue weighted by Gasteiger charge is 1.96. The van der Waals surface area contributed by atoms with Gasteiger partial charge in [0.25, 0.3) is 0 Å². The molecule has 0 radical (unpaired) electrons. The molecule has 3 heteroatoms. The van der Waals surface area contributed by atoms with Crippen molar-refractivity contribution < 1.29 is 14.3 Å². The van der Waals surface area contributed by atoms with Crippen LogP contribution in [0, 0.1) is 6.92 Å². The number of ether oxygens (including phenoxy) is 1. The Morgan fingerprint density at radius 1 is 1.21 bits per heavy atom. The molecule has 14 heavy (non-hydrogen) atoms. The van der Waals surface area contributed by atoms with Crippen LogP contribution in [0.4, 0.5) is 0 Å². The van der Waals surface area contributed by atoms with Crippen LogP contribution in [0.25, 0.3) is 0 Å². The van der Waals surface area contributed by atoms with Crippen LogP contribution >= 0.6 is 0 Å². The number of rotatable bonds is 4. The summed E-state index contributed by atoms with van der Waals surface area (Å²) in [6.45, 7) is 1.88. The summed E-state index contributed by atoms with van der Waals surface area (Å²) in [5, 5.41) is 0. The number of aldehydes is 2. The molecule has 0 aliphatic rings. The van der Waals surface area contributed by atoms with Crippen LogP contribution in [0.2, 0.25) is 0 Å². The van der Waals surface area contributed by atoms with Gasteiger partial charge in [-0.3, -0.25) is 9.59 Å². The molecule has 3 nitrogen and oxygen atoms in total. The lowest BCUT2D eigenvalue weighted by Crippen LogP contribution is -1.92. The maximum atomic E-state index is 10.3. The van der Waals surface area contributed by atoms with Gasteiger partial charge in [0.1, 0.15) is 12.0 Å². The van der Waals surface area contributed by atoms with Crippen molar-refractivity contribution in [1.29, 1.82) is 0 Å². The Kier molecular flexibility index (Phi) is 3.61. The number of carbonyl (C=O) groups is 2. The largest absolute Gasteiger partial charge is 0.464 e. The van der Waals surface area contributed by atoms with Gasteiger partial charge in [0, 0.05) is 0 Å². The first-order valence-corrected chi connectivity index (χ1v) is 4.10. The summed E-state index contributed by atoms with van der Waals surface area (Å²) in [6.07, 6.45) is 2.04. The van der Waals surface area contributed by atoms with Crippen molar-refractivity contribution >= 4 is 12.6 Å². The van der Waals surface area contributed by atoms with E-state index < -0.39 is 0 Å². The molecule has 0 saturated heterocycles. The van der Waals surface area contributed by atoms with E-state index in [1.807, 2.05) is 25.1 Å². The molecule has 0 unspecified atom stereocenters. The monoisotopic (exact) mass is 190 g/mol. The molecule has 0 spiro atoms. The fraction of sp³-hybridized carbons (Fsp3) is 0.0909. The maximum Gasteiger partial charge on any atom is 0.156 e. The Labute approximate surface area is 82.0 Å². The molecular weight excluding hydrogens is 180 g/mol. The van der Waals surface area contributed by atoms with Crippen molar-refractivity contribution in [2.75, 3.05) is 0 Å². The van der Waals surface area contributed by atoms with Crippen LogP contribution in [0.3, 0.4) is 0 Å². The van der Waals surface area contributed by atoms with Gasteiger partial charge in [-0.15, -0.1) is 0 Å². The molecule has 1 aromatic rings. The van der Waals surface area contributed by atoms with Crippen molar-refractivity contribution in [1.82, 2.24) is 0 Å². The van der Waals surface area contributed by atoms with E-state index in [0.29, 0.717) is 18.3 Å². The summed E-state index contributed by atoms with van der Waals surface area (Å²) >= 11 is 0. The second-order valence-electron chi connectivity index (χ2n) is 2.74. The lowest BCUT2D eigenvalue weighted by Gasteiger charge is -2.02. The summed E-state index contributed by atoms with van der Waals surface area (Å²) in [5.74, 6) is 0.633. The highest BCUT2D eigenvalue weighted by Crippen LogP contribution is 2.16. The fourth-order valence-electron chi connectivity index (χ4n) is 0.904. The van der Waals surface area contributed by atoms with Gasteiger partial charge in [-0.1, -0.05) is 18.2 Å². The summed E-state index contributed by atoms with van der Waals surface area (Å²) in [7, 11) is 0. The highest BCUT2D eigenvalue weighted by atomic mass is 16.5. The van der Waals surface area contributed by atoms with Crippen LogP contribution in [0.1, 0.15) is 5.56 Å². The zero-order chi connectivity index (χ0) is 10.4. The van der Waals surface area contributed by atoms with Crippen LogP contribution in [0.5, 0.6) is 5.75 Å². The Morgan fingerprint density at radius 2 is 1.86 bits per heavy atom. The van der Waals surface area contributed by atoms with E-state index in [1.54, 1.807) is 6.07 Å². The first-order valence-electron chi connectivity index (χ1n) is 4.10. The molecule has 0 saturated carbocycles. The summed E-state index contributed by atoms with van der Waals surface area (Å²) in [5.41, 5.74) is 0.924. The summed E-state index contributed by atoms with van der Waals surface area (Å²) < 4.78 is 5.16. The lowest BCUT2D eigenvalue weighted by atomic mass is 10.2. The van der Waals surface area contributed by atoms with E-state index in [4.69, 9.17) is 4.74 Å². The number of hydrogen-bond donors (Lipinski definition) is 0. The number of para-hydroxylation sites is 1. The maximum absolute atomic E-state index is 10.3. The molecule has 0 fully saturated rings. The van der Waals surface area contributed by atoms with Crippen molar-refractivity contribution in [3.8, 4) is 5.75 Å². The molecule has 0 atom stereocenters. The average molecular weight is 190 g/mol. The average Bonchev–Trinajstić information content (AvgIpc) is 2.22. The predicted molar refractivity (Wildman–Crippen MR) is 52.0 cm³/mol. The molecule has 0 N–H and O–H groups in total. The third-order valence-electron chi connectivity index (χ3n) is 1.69. The van der Waals surface area contributed by atoms with E-state index >= 15 is 0 Å². The molecule has 0 aliphatic heterocycles. The number of benzene rings is 1. The van der Waals surface area contributed by atoms with Gasteiger partial charge in [0.2, 0.25) is 0 Å². The summed E-state index contributed by atoms with van der Waals surface area (Å²) in [6, 6.07) is 7.34. The zero-order valence-electron chi connectivity index (χ0n) is 7.77. The minimum atomic E-state index is -0.0201. The SMILES string of the molecule is Cc1ccccc1OC=C(C=O)C=O. The Morgan fingerprint density at radius 3 is 2.43 bits per heavy atom. The first-order chi connectivity index (χ1) is 6.77. The van der Waals surface area contributed by atoms with Crippen LogP contribution in [-0.2, 0) is 9.59 Å². The first kappa shape index (κ1) is 10.2. The number of hydrogen-bond acceptors (Lipinski definition) is 3. The van der Waals surface area contributed by atoms with Gasteiger partial charge in [-0.05, 0) is 18.6 Å². The Bertz CT molecular complexity index is 357. The normalized spacial score (nSPS) is 8.93. The lowest BCUT2D eigenvalue weighted by molar-refractivity contribution is -0.109. The van der Waals surface area contributed by atoms with Gasteiger partial charge in [0.15, 0.2) is 12.6 Å². The fourth-order valence-corrected chi connectivity index (χ4v) is 0.904. The third kappa shape index (κ3) is 2.55. The van der Waals surface area contributed by atoms with Gasteiger partial charge >= 0.3 is 0 Å². The molecule has 1 aromatic carbocycles. The molecule has 0 bridgehead atoms. The van der Waals surface area contributed by atoms with Crippen molar-refractivity contribution in [2.45, 2.75) is 6.92 Å². The van der Waals surface area contributed by atoms with E-state index in [1.165, 1.54) is 0 Å². The zero-order valence-corrected chi connectivity index (χ0v) is 7.77. The second-order valence-corrected chi connectivity index (χ2v) is 2.74. The number of carbonyl (C=O) groups excluding carboxylic acids is 2. The number of aryl methyl sites for hydroxylation is 1. The van der Waals surface area contributed by atoms with Crippen LogP contribution in [-0.4, -0.2) is 12.6 Å². The number of allylic oxidation sites excluding steroid dienone is 1. The quantitative estimate of drug-likeness (QED) is 0.238. The van der Waals surface area contributed by atoms with Crippen molar-refractivity contribution in [3.05, 3.63) is 41.7 Å². The van der Waals surface area contributed by atoms with E-state index in [2.05, 4.69) is 0 Å². The van der Waals surface area contributed by atoms with E-state index in [0.717, 1.165) is 11.8 Å². The topological polar surface area (TPSA) is 43.4 Å². The van der Waals surface area contributed by atoms with Gasteiger partial charge in [0.05, 0.1) is 5.57 Å². The van der Waals surface area contributed by atoms with Crippen molar-refractivity contribution in [2.24, 2.45) is 0 Å². The van der Waals surface area contributed by atoms with Gasteiger partial charge < -0.3 is 4.74 Å². The van der Waals surface area contributed by atoms with E-state index in [9.17, 15) is 9.59 Å². The Balaban J connectivity index is 2.79. The molecule has 0 amide bonds. The third-order valence-corrected chi connectivity index (χ3v) is 1.69. The minimum absolute atomic E-state index is 0.0201. The molecule has 0 aromatic heterocycles. The minimum Gasteiger partial charge on any atom is -0.464 e. The van der Waals surface area contributed by atoms with Gasteiger partial charge in [-0.2, -0.15) is 0 Å². The molecule has 0 aliphatic carbocycles.